The number of fused-ring (bicyclic) bond motifs is 5. The summed E-state index contributed by atoms with van der Waals surface area (Å²) in [4.78, 5) is 45.5. The van der Waals surface area contributed by atoms with Crippen LogP contribution in [-0.4, -0.2) is 29.4 Å². The van der Waals surface area contributed by atoms with E-state index in [1.54, 1.807) is 91.0 Å². The van der Waals surface area contributed by atoms with Crippen LogP contribution in [0.2, 0.25) is 10.0 Å². The Hall–Kier alpha value is -4.06. The molecule has 196 valence electrons. The first-order chi connectivity index (χ1) is 19.3. The lowest BCUT2D eigenvalue weighted by molar-refractivity contribution is 0.0666. The summed E-state index contributed by atoms with van der Waals surface area (Å²) in [7, 11) is 0. The van der Waals surface area contributed by atoms with E-state index in [-0.39, 0.29) is 17.3 Å². The van der Waals surface area contributed by atoms with Gasteiger partial charge in [-0.05, 0) is 60.2 Å². The fourth-order valence-electron chi connectivity index (χ4n) is 6.81. The summed E-state index contributed by atoms with van der Waals surface area (Å²) in [6, 6.07) is 22.8. The molecule has 40 heavy (non-hydrogen) atoms. The maximum atomic E-state index is 14.6. The molecule has 0 bridgehead atoms. The van der Waals surface area contributed by atoms with Gasteiger partial charge in [0, 0.05) is 43.9 Å². The lowest BCUT2D eigenvalue weighted by Gasteiger charge is -2.37. The summed E-state index contributed by atoms with van der Waals surface area (Å²) in [5.74, 6) is -2.29. The van der Waals surface area contributed by atoms with E-state index in [9.17, 15) is 18.8 Å². The van der Waals surface area contributed by atoms with Crippen LogP contribution in [-0.2, 0) is 0 Å². The van der Waals surface area contributed by atoms with Crippen LogP contribution < -0.4 is 4.90 Å². The smallest absolute Gasteiger partial charge is 0.185 e. The highest BCUT2D eigenvalue weighted by Crippen LogP contribution is 2.61. The molecule has 1 saturated heterocycles. The molecule has 1 unspecified atom stereocenters. The molecule has 7 heteroatoms. The van der Waals surface area contributed by atoms with E-state index < -0.39 is 29.2 Å². The Balaban J connectivity index is 1.55. The summed E-state index contributed by atoms with van der Waals surface area (Å²) >= 11 is 12.6. The van der Waals surface area contributed by atoms with Gasteiger partial charge >= 0.3 is 0 Å². The maximum absolute atomic E-state index is 14.6. The number of halogens is 3. The van der Waals surface area contributed by atoms with Gasteiger partial charge in [0.15, 0.2) is 17.3 Å². The molecule has 3 atom stereocenters. The molecule has 3 aliphatic rings. The predicted octanol–water partition coefficient (Wildman–Crippen LogP) is 7.45. The molecule has 0 radical (unpaired) electrons. The second kappa shape index (κ2) is 8.98. The molecule has 2 heterocycles. The van der Waals surface area contributed by atoms with Crippen LogP contribution in [0.3, 0.4) is 0 Å². The molecule has 1 spiro atoms. The number of anilines is 1. The third kappa shape index (κ3) is 3.34. The normalized spacial score (nSPS) is 21.9. The first-order valence-corrected chi connectivity index (χ1v) is 13.6. The number of hydrogen-bond acceptors (Lipinski definition) is 4. The summed E-state index contributed by atoms with van der Waals surface area (Å²) in [5, 5.41) is 0.894. The van der Waals surface area contributed by atoms with Gasteiger partial charge in [0.25, 0.3) is 0 Å². The second-order valence-electron chi connectivity index (χ2n) is 10.3. The number of Topliss-reactive ketones (excluding diaryl/α,β-unsaturated/α-hetero) is 3. The Kier molecular flexibility index (Phi) is 5.60. The standard InChI is InChI=1S/C33H20Cl2FNO3/c34-21-11-8-18(9-12-21)30(38)29-28(20-4-3-5-22(35)16-20)33(31(39)24-6-1-2-7-25(24)32(33)40)27-15-10-19-17-23(36)13-14-26(19)37(27)29/h1-17,27-29H/t27?,28-,29+/m1/s1. The number of benzene rings is 4. The predicted molar refractivity (Wildman–Crippen MR) is 153 cm³/mol. The first-order valence-electron chi connectivity index (χ1n) is 12.8. The lowest BCUT2D eigenvalue weighted by atomic mass is 9.64. The van der Waals surface area contributed by atoms with Gasteiger partial charge in [0.05, 0.1) is 6.04 Å². The molecule has 0 saturated carbocycles. The molecule has 4 nitrogen and oxygen atoms in total. The highest BCUT2D eigenvalue weighted by Gasteiger charge is 2.71. The Morgan fingerprint density at radius 2 is 1.50 bits per heavy atom. The van der Waals surface area contributed by atoms with Crippen molar-refractivity contribution in [2.45, 2.75) is 18.0 Å². The molecule has 2 aliphatic heterocycles. The number of nitrogens with zero attached hydrogens (tertiary/aromatic N) is 1. The van der Waals surface area contributed by atoms with E-state index in [0.29, 0.717) is 43.5 Å². The lowest BCUT2D eigenvalue weighted by Crippen LogP contribution is -2.48. The number of ketones is 3. The van der Waals surface area contributed by atoms with Gasteiger partial charge in [0.2, 0.25) is 0 Å². The van der Waals surface area contributed by atoms with Gasteiger partial charge in [-0.3, -0.25) is 14.4 Å². The van der Waals surface area contributed by atoms with Gasteiger partial charge in [-0.2, -0.15) is 0 Å². The molecule has 1 aliphatic carbocycles. The minimum absolute atomic E-state index is 0.286. The molecule has 0 aromatic heterocycles. The second-order valence-corrected chi connectivity index (χ2v) is 11.2. The van der Waals surface area contributed by atoms with Crippen LogP contribution in [0.5, 0.6) is 0 Å². The van der Waals surface area contributed by atoms with Crippen LogP contribution >= 0.6 is 23.2 Å². The number of carbonyl (C=O) groups is 3. The van der Waals surface area contributed by atoms with Crippen molar-refractivity contribution in [1.29, 1.82) is 0 Å². The van der Waals surface area contributed by atoms with Gasteiger partial charge in [-0.15, -0.1) is 0 Å². The molecule has 4 aromatic rings. The summed E-state index contributed by atoms with van der Waals surface area (Å²) < 4.78 is 14.3. The van der Waals surface area contributed by atoms with E-state index in [1.807, 2.05) is 4.90 Å². The Labute approximate surface area is 239 Å². The quantitative estimate of drug-likeness (QED) is 0.190. The van der Waals surface area contributed by atoms with Crippen LogP contribution in [0.25, 0.3) is 6.08 Å². The zero-order chi connectivity index (χ0) is 27.8. The minimum Gasteiger partial charge on any atom is -0.352 e. The molecule has 4 aromatic carbocycles. The topological polar surface area (TPSA) is 54.5 Å². The molecule has 0 N–H and O–H groups in total. The highest BCUT2D eigenvalue weighted by molar-refractivity contribution is 6.33. The van der Waals surface area contributed by atoms with Crippen LogP contribution in [0.15, 0.2) is 97.1 Å². The fraction of sp³-hybridized carbons (Fsp3) is 0.121. The Morgan fingerprint density at radius 1 is 0.800 bits per heavy atom. The molecule has 0 amide bonds. The van der Waals surface area contributed by atoms with Gasteiger partial charge in [-0.1, -0.05) is 71.8 Å². The van der Waals surface area contributed by atoms with Crippen LogP contribution in [0.1, 0.15) is 48.1 Å². The zero-order valence-electron chi connectivity index (χ0n) is 20.9. The third-order valence-electron chi connectivity index (χ3n) is 8.37. The van der Waals surface area contributed by atoms with Crippen molar-refractivity contribution in [2.75, 3.05) is 4.90 Å². The summed E-state index contributed by atoms with van der Waals surface area (Å²) in [6.45, 7) is 0. The average molecular weight is 568 g/mol. The van der Waals surface area contributed by atoms with Crippen molar-refractivity contribution in [3.05, 3.63) is 141 Å². The first kappa shape index (κ1) is 24.9. The van der Waals surface area contributed by atoms with Crippen molar-refractivity contribution in [1.82, 2.24) is 0 Å². The largest absolute Gasteiger partial charge is 0.352 e. The molecular formula is C33H20Cl2FNO3. The monoisotopic (exact) mass is 567 g/mol. The average Bonchev–Trinajstić information content (AvgIpc) is 3.39. The van der Waals surface area contributed by atoms with Crippen molar-refractivity contribution >= 4 is 52.3 Å². The SMILES string of the molecule is O=C(c1ccc(Cl)cc1)[C@@H]1[C@@H](c2cccc(Cl)c2)C2(C(=O)c3ccccc3C2=O)C2C=Cc3cc(F)ccc3N21. The van der Waals surface area contributed by atoms with E-state index in [1.165, 1.54) is 12.1 Å². The van der Waals surface area contributed by atoms with E-state index in [0.717, 1.165) is 0 Å². The molecule has 1 fully saturated rings. The Bertz CT molecular complexity index is 1750. The van der Waals surface area contributed by atoms with E-state index >= 15 is 0 Å². The Morgan fingerprint density at radius 3 is 2.17 bits per heavy atom. The summed E-state index contributed by atoms with van der Waals surface area (Å²) in [5.41, 5.74) is 1.12. The maximum Gasteiger partial charge on any atom is 0.185 e. The van der Waals surface area contributed by atoms with Crippen molar-refractivity contribution < 1.29 is 18.8 Å². The van der Waals surface area contributed by atoms with Crippen LogP contribution in [0.4, 0.5) is 10.1 Å². The highest BCUT2D eigenvalue weighted by atomic mass is 35.5. The molecule has 7 rings (SSSR count). The zero-order valence-corrected chi connectivity index (χ0v) is 22.4. The van der Waals surface area contributed by atoms with Gasteiger partial charge in [0.1, 0.15) is 17.3 Å². The van der Waals surface area contributed by atoms with Gasteiger partial charge in [-0.25, -0.2) is 4.39 Å². The van der Waals surface area contributed by atoms with Gasteiger partial charge < -0.3 is 4.90 Å². The van der Waals surface area contributed by atoms with Crippen molar-refractivity contribution in [2.24, 2.45) is 5.41 Å². The number of rotatable bonds is 3. The molecular weight excluding hydrogens is 548 g/mol. The van der Waals surface area contributed by atoms with Crippen molar-refractivity contribution in [3.8, 4) is 0 Å². The summed E-state index contributed by atoms with van der Waals surface area (Å²) in [6.07, 6.45) is 3.49. The number of carbonyl (C=O) groups excluding carboxylic acids is 3. The van der Waals surface area contributed by atoms with Crippen molar-refractivity contribution in [3.63, 3.8) is 0 Å². The third-order valence-corrected chi connectivity index (χ3v) is 8.86. The van der Waals surface area contributed by atoms with E-state index in [4.69, 9.17) is 23.2 Å². The van der Waals surface area contributed by atoms with Crippen LogP contribution in [0, 0.1) is 11.2 Å². The minimum atomic E-state index is -1.65. The fourth-order valence-corrected chi connectivity index (χ4v) is 7.13. The van der Waals surface area contributed by atoms with E-state index in [2.05, 4.69) is 0 Å². The number of hydrogen-bond donors (Lipinski definition) is 0.